The number of halogens is 2. The first-order valence-corrected chi connectivity index (χ1v) is 15.9. The van der Waals surface area contributed by atoms with E-state index >= 15 is 0 Å². The standard InChI is InChI=1S/C30H31Cl2N5O5S/c1-4-42-23-13-14-24(43(40,41)33-3)18(2)26(23)29-35-27(19-5-9-21(31)10-6-19)28(20-7-11-22(32)12-8-20)37(29)30(39)36-16-15-34-25(38)17-36/h5-14,27-28,33H,4,15-17H2,1-3H3,(H,34,38)/t27-,28+/m0/s1. The number of amides is 3. The third-order valence-electron chi connectivity index (χ3n) is 7.46. The molecule has 2 aliphatic rings. The largest absolute Gasteiger partial charge is 0.493 e. The Bertz CT molecular complexity index is 1680. The first-order valence-electron chi connectivity index (χ1n) is 13.7. The van der Waals surface area contributed by atoms with Crippen LogP contribution < -0.4 is 14.8 Å². The van der Waals surface area contributed by atoms with Gasteiger partial charge in [-0.15, -0.1) is 0 Å². The second-order valence-corrected chi connectivity index (χ2v) is 12.8. The van der Waals surface area contributed by atoms with E-state index in [1.54, 1.807) is 42.2 Å². The highest BCUT2D eigenvalue weighted by Gasteiger charge is 2.46. The van der Waals surface area contributed by atoms with Gasteiger partial charge in [0.15, 0.2) is 0 Å². The van der Waals surface area contributed by atoms with Crippen molar-refractivity contribution in [3.63, 3.8) is 0 Å². The summed E-state index contributed by atoms with van der Waals surface area (Å²) in [6, 6.07) is 15.6. The van der Waals surface area contributed by atoms with Crippen LogP contribution in [0.3, 0.4) is 0 Å². The molecule has 3 aromatic rings. The number of hydrogen-bond acceptors (Lipinski definition) is 6. The molecule has 2 atom stereocenters. The number of nitrogens with zero attached hydrogens (tertiary/aromatic N) is 3. The lowest BCUT2D eigenvalue weighted by atomic mass is 9.93. The van der Waals surface area contributed by atoms with Crippen molar-refractivity contribution in [1.29, 1.82) is 0 Å². The van der Waals surface area contributed by atoms with E-state index in [2.05, 4.69) is 10.0 Å². The van der Waals surface area contributed by atoms with Gasteiger partial charge in [-0.3, -0.25) is 14.7 Å². The smallest absolute Gasteiger partial charge is 0.326 e. The molecular weight excluding hydrogens is 613 g/mol. The Hall–Kier alpha value is -3.64. The topological polar surface area (TPSA) is 120 Å². The van der Waals surface area contributed by atoms with Crippen molar-refractivity contribution in [3.05, 3.63) is 93.0 Å². The molecular formula is C30H31Cl2N5O5S. The van der Waals surface area contributed by atoms with Gasteiger partial charge in [0.05, 0.1) is 23.1 Å². The average Bonchev–Trinajstić information content (AvgIpc) is 3.37. The van der Waals surface area contributed by atoms with Crippen molar-refractivity contribution in [3.8, 4) is 5.75 Å². The monoisotopic (exact) mass is 643 g/mol. The molecule has 0 spiro atoms. The van der Waals surface area contributed by atoms with E-state index in [1.807, 2.05) is 31.2 Å². The molecule has 0 unspecified atom stereocenters. The summed E-state index contributed by atoms with van der Waals surface area (Å²) in [7, 11) is -2.54. The zero-order chi connectivity index (χ0) is 30.9. The Kier molecular flexibility index (Phi) is 8.98. The van der Waals surface area contributed by atoms with E-state index in [1.165, 1.54) is 18.0 Å². The Labute approximate surface area is 260 Å². The number of nitrogens with one attached hydrogen (secondary N) is 2. The summed E-state index contributed by atoms with van der Waals surface area (Å²) in [6.45, 7) is 4.23. The van der Waals surface area contributed by atoms with Gasteiger partial charge in [0.1, 0.15) is 24.2 Å². The minimum atomic E-state index is -3.88. The van der Waals surface area contributed by atoms with Gasteiger partial charge in [-0.25, -0.2) is 17.9 Å². The van der Waals surface area contributed by atoms with Crippen LogP contribution in [0.15, 0.2) is 70.6 Å². The lowest BCUT2D eigenvalue weighted by molar-refractivity contribution is -0.123. The predicted molar refractivity (Wildman–Crippen MR) is 165 cm³/mol. The summed E-state index contributed by atoms with van der Waals surface area (Å²) in [5, 5.41) is 3.82. The molecule has 1 saturated heterocycles. The molecule has 5 rings (SSSR count). The maximum absolute atomic E-state index is 14.5. The third kappa shape index (κ3) is 6.08. The maximum atomic E-state index is 14.5. The number of sulfonamides is 1. The maximum Gasteiger partial charge on any atom is 0.326 e. The van der Waals surface area contributed by atoms with E-state index in [4.69, 9.17) is 32.9 Å². The van der Waals surface area contributed by atoms with Crippen LogP contribution in [0.25, 0.3) is 0 Å². The summed E-state index contributed by atoms with van der Waals surface area (Å²) >= 11 is 12.5. The van der Waals surface area contributed by atoms with Crippen LogP contribution >= 0.6 is 23.2 Å². The molecule has 43 heavy (non-hydrogen) atoms. The number of benzene rings is 3. The molecule has 0 saturated carbocycles. The summed E-state index contributed by atoms with van der Waals surface area (Å²) in [4.78, 5) is 35.0. The van der Waals surface area contributed by atoms with E-state index in [0.29, 0.717) is 46.6 Å². The summed E-state index contributed by atoms with van der Waals surface area (Å²) < 4.78 is 34.4. The van der Waals surface area contributed by atoms with Gasteiger partial charge in [0.2, 0.25) is 15.9 Å². The highest BCUT2D eigenvalue weighted by Crippen LogP contribution is 2.46. The minimum absolute atomic E-state index is 0.0267. The normalized spacial score (nSPS) is 18.8. The Morgan fingerprint density at radius 2 is 1.67 bits per heavy atom. The fourth-order valence-corrected chi connectivity index (χ4v) is 6.64. The van der Waals surface area contributed by atoms with E-state index in [-0.39, 0.29) is 23.2 Å². The van der Waals surface area contributed by atoms with Crippen LogP contribution in [-0.2, 0) is 14.8 Å². The van der Waals surface area contributed by atoms with Crippen molar-refractivity contribution in [1.82, 2.24) is 19.8 Å². The summed E-state index contributed by atoms with van der Waals surface area (Å²) in [6.07, 6.45) is 0. The molecule has 3 aromatic carbocycles. The third-order valence-corrected chi connectivity index (χ3v) is 9.53. The predicted octanol–water partition coefficient (Wildman–Crippen LogP) is 4.71. The van der Waals surface area contributed by atoms with E-state index in [9.17, 15) is 18.0 Å². The number of aliphatic imine (C=N–C) groups is 1. The van der Waals surface area contributed by atoms with Gasteiger partial charge < -0.3 is 15.0 Å². The summed E-state index contributed by atoms with van der Waals surface area (Å²) in [5.41, 5.74) is 2.25. The Balaban J connectivity index is 1.79. The van der Waals surface area contributed by atoms with Gasteiger partial charge in [-0.1, -0.05) is 47.5 Å². The van der Waals surface area contributed by atoms with Crippen LogP contribution in [0.2, 0.25) is 10.0 Å². The number of hydrogen-bond donors (Lipinski definition) is 2. The van der Waals surface area contributed by atoms with Gasteiger partial charge in [0.25, 0.3) is 0 Å². The summed E-state index contributed by atoms with van der Waals surface area (Å²) in [5.74, 6) is 0.322. The molecule has 2 N–H and O–H groups in total. The van der Waals surface area contributed by atoms with Crippen molar-refractivity contribution < 1.29 is 22.7 Å². The number of piperazine rings is 1. The fraction of sp³-hybridized carbons (Fsp3) is 0.300. The van der Waals surface area contributed by atoms with Crippen LogP contribution in [0.1, 0.15) is 41.3 Å². The zero-order valence-electron chi connectivity index (χ0n) is 23.8. The zero-order valence-corrected chi connectivity index (χ0v) is 26.1. The van der Waals surface area contributed by atoms with Crippen molar-refractivity contribution >= 4 is 51.0 Å². The second kappa shape index (κ2) is 12.5. The Morgan fingerprint density at radius 1 is 1.05 bits per heavy atom. The first-order chi connectivity index (χ1) is 20.6. The lowest BCUT2D eigenvalue weighted by Crippen LogP contribution is -2.55. The number of amidine groups is 1. The van der Waals surface area contributed by atoms with Crippen LogP contribution in [-0.4, -0.2) is 69.3 Å². The number of rotatable bonds is 7. The van der Waals surface area contributed by atoms with Gasteiger partial charge in [-0.05, 0) is 74.0 Å². The van der Waals surface area contributed by atoms with Crippen molar-refractivity contribution in [2.24, 2.45) is 4.99 Å². The van der Waals surface area contributed by atoms with Gasteiger partial charge >= 0.3 is 6.03 Å². The molecule has 0 aliphatic carbocycles. The number of carbonyl (C=O) groups is 2. The number of ether oxygens (including phenoxy) is 1. The first kappa shape index (κ1) is 30.8. The van der Waals surface area contributed by atoms with Gasteiger partial charge in [0, 0.05) is 23.1 Å². The molecule has 226 valence electrons. The molecule has 13 heteroatoms. The molecule has 1 fully saturated rings. The average molecular weight is 645 g/mol. The molecule has 10 nitrogen and oxygen atoms in total. The number of urea groups is 1. The Morgan fingerprint density at radius 3 is 2.26 bits per heavy atom. The molecule has 0 bridgehead atoms. The molecule has 0 aromatic heterocycles. The van der Waals surface area contributed by atoms with Crippen LogP contribution in [0.4, 0.5) is 4.79 Å². The van der Waals surface area contributed by atoms with Crippen molar-refractivity contribution in [2.45, 2.75) is 30.8 Å². The highest BCUT2D eigenvalue weighted by atomic mass is 35.5. The lowest BCUT2D eigenvalue weighted by Gasteiger charge is -2.36. The van der Waals surface area contributed by atoms with Gasteiger partial charge in [-0.2, -0.15) is 0 Å². The quantitative estimate of drug-likeness (QED) is 0.386. The molecule has 3 amide bonds. The SMILES string of the molecule is CCOc1ccc(S(=O)(=O)NC)c(C)c1C1=N[C@@H](c2ccc(Cl)cc2)[C@@H](c2ccc(Cl)cc2)N1C(=O)N1CCNC(=O)C1. The highest BCUT2D eigenvalue weighted by molar-refractivity contribution is 7.89. The number of carbonyl (C=O) groups excluding carboxylic acids is 2. The second-order valence-electron chi connectivity index (χ2n) is 10.1. The molecule has 2 aliphatic heterocycles. The molecule has 2 heterocycles. The minimum Gasteiger partial charge on any atom is -0.493 e. The van der Waals surface area contributed by atoms with Crippen LogP contribution in [0.5, 0.6) is 5.75 Å². The molecule has 0 radical (unpaired) electrons. The van der Waals surface area contributed by atoms with Crippen LogP contribution in [0, 0.1) is 6.92 Å². The van der Waals surface area contributed by atoms with Crippen molar-refractivity contribution in [2.75, 3.05) is 33.3 Å². The van der Waals surface area contributed by atoms with E-state index < -0.39 is 28.1 Å². The van der Waals surface area contributed by atoms with E-state index in [0.717, 1.165) is 11.1 Å². The fourth-order valence-electron chi connectivity index (χ4n) is 5.42.